The van der Waals surface area contributed by atoms with Gasteiger partial charge in [-0.25, -0.2) is 9.78 Å². The van der Waals surface area contributed by atoms with E-state index in [4.69, 9.17) is 19.3 Å². The number of carbonyl (C=O) groups is 3. The number of ether oxygens (including phenoxy) is 2. The van der Waals surface area contributed by atoms with E-state index in [1.54, 1.807) is 27.0 Å². The van der Waals surface area contributed by atoms with E-state index >= 15 is 0 Å². The number of thioether (sulfide) groups is 1. The number of fused-ring (bicyclic) bond motifs is 1. The van der Waals surface area contributed by atoms with Gasteiger partial charge in [0.2, 0.25) is 0 Å². The Morgan fingerprint density at radius 3 is 2.08 bits per heavy atom. The van der Waals surface area contributed by atoms with Gasteiger partial charge in [0.05, 0.1) is 11.0 Å². The Labute approximate surface area is 316 Å². The Kier molecular flexibility index (Phi) is 10.4. The van der Waals surface area contributed by atoms with E-state index < -0.39 is 40.3 Å². The normalized spacial score (nSPS) is 20.4. The van der Waals surface area contributed by atoms with Crippen LogP contribution in [0.5, 0.6) is 0 Å². The summed E-state index contributed by atoms with van der Waals surface area (Å²) in [5.74, 6) is -1.12. The molecule has 0 aliphatic carbocycles. The third-order valence-electron chi connectivity index (χ3n) is 9.25. The van der Waals surface area contributed by atoms with Gasteiger partial charge in [-0.15, -0.1) is 11.8 Å². The van der Waals surface area contributed by atoms with Crippen LogP contribution in [0.3, 0.4) is 0 Å². The van der Waals surface area contributed by atoms with Crippen LogP contribution in [0.1, 0.15) is 55.2 Å². The monoisotopic (exact) mass is 751 g/mol. The number of esters is 1. The van der Waals surface area contributed by atoms with Gasteiger partial charge in [0.25, 0.3) is 11.8 Å². The molecule has 2 saturated heterocycles. The largest absolute Gasteiger partial charge is 0.455 e. The molecule has 1 aromatic heterocycles. The number of rotatable bonds is 11. The Hall–Kier alpha value is -4.98. The molecule has 0 saturated carbocycles. The van der Waals surface area contributed by atoms with E-state index in [0.29, 0.717) is 22.4 Å². The minimum atomic E-state index is -0.898. The van der Waals surface area contributed by atoms with Crippen molar-refractivity contribution in [3.05, 3.63) is 130 Å². The molecule has 4 aromatic rings. The maximum atomic E-state index is 13.9. The van der Waals surface area contributed by atoms with Crippen molar-refractivity contribution < 1.29 is 28.7 Å². The van der Waals surface area contributed by atoms with Crippen LogP contribution in [0.15, 0.2) is 114 Å². The van der Waals surface area contributed by atoms with Gasteiger partial charge >= 0.3 is 5.97 Å². The summed E-state index contributed by atoms with van der Waals surface area (Å²) in [5.41, 5.74) is 2.34. The van der Waals surface area contributed by atoms with E-state index in [1.165, 1.54) is 35.1 Å². The van der Waals surface area contributed by atoms with Gasteiger partial charge in [-0.3, -0.25) is 14.5 Å². The minimum absolute atomic E-state index is 0.0298. The number of amides is 2. The molecule has 4 heterocycles. The molecule has 11 nitrogen and oxygen atoms in total. The molecule has 0 radical (unpaired) electrons. The zero-order chi connectivity index (χ0) is 37.2. The number of anilines is 1. The first kappa shape index (κ1) is 36.4. The molecule has 0 bridgehead atoms. The lowest BCUT2D eigenvalue weighted by atomic mass is 9.77. The summed E-state index contributed by atoms with van der Waals surface area (Å²) in [6, 6.07) is 29.5. The first-order valence-corrected chi connectivity index (χ1v) is 19.3. The van der Waals surface area contributed by atoms with Crippen LogP contribution < -0.4 is 10.6 Å². The van der Waals surface area contributed by atoms with Crippen molar-refractivity contribution in [1.29, 1.82) is 0 Å². The van der Waals surface area contributed by atoms with Crippen molar-refractivity contribution in [3.63, 3.8) is 0 Å². The number of oxime groups is 1. The third-order valence-corrected chi connectivity index (χ3v) is 11.5. The topological polar surface area (TPSA) is 131 Å². The summed E-state index contributed by atoms with van der Waals surface area (Å²) < 4.78 is 11.7. The number of carbonyl (C=O) groups excluding carboxylic acids is 3. The second-order valence-electron chi connectivity index (χ2n) is 13.9. The molecule has 13 heteroatoms. The van der Waals surface area contributed by atoms with Crippen molar-refractivity contribution >= 4 is 51.7 Å². The highest BCUT2D eigenvalue weighted by molar-refractivity contribution is 8.00. The fraction of sp³-hybridized carbons (Fsp3) is 0.325. The molecule has 53 heavy (non-hydrogen) atoms. The van der Waals surface area contributed by atoms with E-state index in [0.717, 1.165) is 35.1 Å². The maximum Gasteiger partial charge on any atom is 0.355 e. The highest BCUT2D eigenvalue weighted by Gasteiger charge is 2.56. The van der Waals surface area contributed by atoms with Gasteiger partial charge in [-0.05, 0) is 55.9 Å². The molecule has 7 rings (SSSR count). The van der Waals surface area contributed by atoms with Crippen molar-refractivity contribution in [2.45, 2.75) is 62.3 Å². The van der Waals surface area contributed by atoms with Crippen molar-refractivity contribution in [1.82, 2.24) is 15.2 Å². The SMILES string of the molecule is CO/N=C(\C(=O)N[C@@H]1C(=O)N2C(C(=O)OC(C)(C)C)=C([C@H]3CCCO3)CS[C@H]12)c1cnc(NC(c2ccccc2)(c2ccccc2)c2ccccc2)s1. The van der Waals surface area contributed by atoms with E-state index in [1.807, 2.05) is 54.6 Å². The van der Waals surface area contributed by atoms with Crippen LogP contribution in [0, 0.1) is 0 Å². The summed E-state index contributed by atoms with van der Waals surface area (Å²) in [6.45, 7) is 5.96. The average Bonchev–Trinajstić information content (AvgIpc) is 3.88. The van der Waals surface area contributed by atoms with Gasteiger partial charge < -0.3 is 24.9 Å². The number of nitrogens with zero attached hydrogens (tertiary/aromatic N) is 3. The van der Waals surface area contributed by atoms with Crippen LogP contribution >= 0.6 is 23.1 Å². The maximum absolute atomic E-state index is 13.9. The number of nitrogens with one attached hydrogen (secondary N) is 2. The lowest BCUT2D eigenvalue weighted by Gasteiger charge is -2.50. The van der Waals surface area contributed by atoms with Gasteiger partial charge in [0.1, 0.15) is 35.4 Å². The Morgan fingerprint density at radius 1 is 0.943 bits per heavy atom. The second kappa shape index (κ2) is 15.2. The molecule has 2 N–H and O–H groups in total. The van der Waals surface area contributed by atoms with Gasteiger partial charge in [0, 0.05) is 18.6 Å². The highest BCUT2D eigenvalue weighted by atomic mass is 32.2. The molecule has 2 fully saturated rings. The molecular weight excluding hydrogens is 711 g/mol. The summed E-state index contributed by atoms with van der Waals surface area (Å²) in [7, 11) is 1.36. The van der Waals surface area contributed by atoms with E-state index in [9.17, 15) is 14.4 Å². The lowest BCUT2D eigenvalue weighted by molar-refractivity contribution is -0.159. The Balaban J connectivity index is 1.15. The molecule has 3 atom stereocenters. The highest BCUT2D eigenvalue weighted by Crippen LogP contribution is 2.44. The first-order valence-electron chi connectivity index (χ1n) is 17.5. The van der Waals surface area contributed by atoms with Crippen LogP contribution in [-0.4, -0.2) is 76.0 Å². The number of aromatic nitrogens is 1. The van der Waals surface area contributed by atoms with Crippen LogP contribution in [0.2, 0.25) is 0 Å². The van der Waals surface area contributed by atoms with Crippen molar-refractivity contribution in [3.8, 4) is 0 Å². The van der Waals surface area contributed by atoms with Crippen molar-refractivity contribution in [2.24, 2.45) is 5.16 Å². The van der Waals surface area contributed by atoms with Crippen molar-refractivity contribution in [2.75, 3.05) is 24.8 Å². The molecule has 2 amide bonds. The van der Waals surface area contributed by atoms with Crippen LogP contribution in [0.25, 0.3) is 0 Å². The van der Waals surface area contributed by atoms with Crippen LogP contribution in [0.4, 0.5) is 5.13 Å². The average molecular weight is 752 g/mol. The molecule has 0 spiro atoms. The summed E-state index contributed by atoms with van der Waals surface area (Å²) in [4.78, 5) is 52.9. The fourth-order valence-corrected chi connectivity index (χ4v) is 9.20. The quantitative estimate of drug-likeness (QED) is 0.0617. The molecule has 3 aromatic carbocycles. The Bertz CT molecular complexity index is 1930. The third kappa shape index (κ3) is 7.20. The zero-order valence-corrected chi connectivity index (χ0v) is 31.5. The predicted molar refractivity (Wildman–Crippen MR) is 205 cm³/mol. The summed E-state index contributed by atoms with van der Waals surface area (Å²) in [5, 5.41) is 10.7. The zero-order valence-electron chi connectivity index (χ0n) is 29.9. The summed E-state index contributed by atoms with van der Waals surface area (Å²) in [6.07, 6.45) is 2.95. The number of benzene rings is 3. The molecular formula is C40H41N5O6S2. The van der Waals surface area contributed by atoms with E-state index in [-0.39, 0.29) is 17.5 Å². The van der Waals surface area contributed by atoms with Gasteiger partial charge in [-0.2, -0.15) is 0 Å². The Morgan fingerprint density at radius 2 is 1.55 bits per heavy atom. The first-order chi connectivity index (χ1) is 25.6. The number of thiazole rings is 1. The smallest absolute Gasteiger partial charge is 0.355 e. The molecule has 0 unspecified atom stereocenters. The summed E-state index contributed by atoms with van der Waals surface area (Å²) >= 11 is 2.72. The van der Waals surface area contributed by atoms with Crippen LogP contribution in [-0.2, 0) is 34.2 Å². The lowest BCUT2D eigenvalue weighted by Crippen LogP contribution is -2.71. The minimum Gasteiger partial charge on any atom is -0.455 e. The second-order valence-corrected chi connectivity index (χ2v) is 16.0. The molecule has 274 valence electrons. The number of hydrogen-bond acceptors (Lipinski definition) is 11. The fourth-order valence-electron chi connectivity index (χ4n) is 6.94. The molecule has 3 aliphatic rings. The molecule has 3 aliphatic heterocycles. The van der Waals surface area contributed by atoms with E-state index in [2.05, 4.69) is 52.2 Å². The van der Waals surface area contributed by atoms with Gasteiger partial charge in [-0.1, -0.05) is 107 Å². The number of hydrogen-bond donors (Lipinski definition) is 2. The predicted octanol–water partition coefficient (Wildman–Crippen LogP) is 6.07. The van der Waals surface area contributed by atoms with Gasteiger partial charge in [0.15, 0.2) is 10.8 Å². The standard InChI is InChI=1S/C40H41N5O6S2/c1-39(2,3)51-37(48)33-28(29-21-14-22-50-29)24-52-36-32(35(47)45(33)36)42-34(46)31(44-49-4)30-23-41-38(53-30)43-40(25-15-8-5-9-16-25,26-17-10-6-11-18-26)27-19-12-7-13-20-27/h5-13,15-20,23,29,32,36H,14,21-22,24H2,1-4H3,(H,41,43)(H,42,46)/b44-31-/t29-,32-,36-/m1/s1. The number of β-lactam (4-membered cyclic amide) rings is 1.